The molecule has 1 amide bonds. The van der Waals surface area contributed by atoms with Gasteiger partial charge in [-0.2, -0.15) is 0 Å². The van der Waals surface area contributed by atoms with Crippen molar-refractivity contribution >= 4 is 5.91 Å². The number of carbonyl (C=O) groups excluding carboxylic acids is 1. The van der Waals surface area contributed by atoms with Crippen LogP contribution in [0, 0.1) is 0 Å². The van der Waals surface area contributed by atoms with Crippen molar-refractivity contribution in [1.29, 1.82) is 0 Å². The summed E-state index contributed by atoms with van der Waals surface area (Å²) in [5.74, 6) is 1.82. The molecule has 2 aliphatic heterocycles. The van der Waals surface area contributed by atoms with Gasteiger partial charge in [0.05, 0.1) is 26.3 Å². The van der Waals surface area contributed by atoms with E-state index in [0.29, 0.717) is 19.2 Å². The Bertz CT molecular complexity index is 790. The summed E-state index contributed by atoms with van der Waals surface area (Å²) in [5.41, 5.74) is 2.32. The van der Waals surface area contributed by atoms with Crippen LogP contribution in [-0.4, -0.2) is 37.6 Å². The van der Waals surface area contributed by atoms with Crippen LogP contribution in [0.5, 0.6) is 11.5 Å². The quantitative estimate of drug-likeness (QED) is 0.880. The highest BCUT2D eigenvalue weighted by Crippen LogP contribution is 2.33. The van der Waals surface area contributed by atoms with Crippen molar-refractivity contribution in [3.05, 3.63) is 59.7 Å². The number of methoxy groups -OCH3 is 1. The lowest BCUT2D eigenvalue weighted by molar-refractivity contribution is -0.123. The first kappa shape index (κ1) is 17.9. The van der Waals surface area contributed by atoms with Gasteiger partial charge in [0.1, 0.15) is 11.5 Å². The molecule has 2 heterocycles. The smallest absolute Gasteiger partial charge is 0.234 e. The van der Waals surface area contributed by atoms with E-state index in [-0.39, 0.29) is 11.9 Å². The molecule has 0 aliphatic carbocycles. The van der Waals surface area contributed by atoms with E-state index in [9.17, 15) is 4.79 Å². The second-order valence-electron chi connectivity index (χ2n) is 7.20. The Morgan fingerprint density at radius 1 is 1.19 bits per heavy atom. The fourth-order valence-corrected chi connectivity index (χ4v) is 4.14. The van der Waals surface area contributed by atoms with Crippen LogP contribution in [0.25, 0.3) is 0 Å². The third-order valence-electron chi connectivity index (χ3n) is 5.50. The highest BCUT2D eigenvalue weighted by atomic mass is 16.5. The van der Waals surface area contributed by atoms with Gasteiger partial charge in [0.2, 0.25) is 5.91 Å². The molecule has 2 aliphatic rings. The molecule has 5 nitrogen and oxygen atoms in total. The Morgan fingerprint density at radius 2 is 2.00 bits per heavy atom. The van der Waals surface area contributed by atoms with Crippen LogP contribution in [0.15, 0.2) is 48.5 Å². The summed E-state index contributed by atoms with van der Waals surface area (Å²) in [6.07, 6.45) is 3.01. The summed E-state index contributed by atoms with van der Waals surface area (Å²) in [6, 6.07) is 16.5. The second kappa shape index (κ2) is 8.01. The summed E-state index contributed by atoms with van der Waals surface area (Å²) in [6.45, 7) is 2.02. The van der Waals surface area contributed by atoms with E-state index in [2.05, 4.69) is 22.3 Å². The van der Waals surface area contributed by atoms with Crippen molar-refractivity contribution in [3.63, 3.8) is 0 Å². The monoisotopic (exact) mass is 366 g/mol. The molecule has 1 fully saturated rings. The molecule has 0 unspecified atom stereocenters. The molecule has 0 aromatic heterocycles. The fraction of sp³-hybridized carbons (Fsp3) is 0.409. The maximum atomic E-state index is 12.7. The highest BCUT2D eigenvalue weighted by Gasteiger charge is 2.29. The Hall–Kier alpha value is -2.53. The van der Waals surface area contributed by atoms with Crippen LogP contribution in [0.3, 0.4) is 0 Å². The number of hydrogen-bond donors (Lipinski definition) is 1. The number of hydrogen-bond acceptors (Lipinski definition) is 4. The molecule has 2 atom stereocenters. The van der Waals surface area contributed by atoms with Crippen LogP contribution in [0.1, 0.15) is 42.5 Å². The first-order valence-corrected chi connectivity index (χ1v) is 9.63. The normalized spacial score (nSPS) is 22.0. The summed E-state index contributed by atoms with van der Waals surface area (Å²) in [4.78, 5) is 15.0. The van der Waals surface area contributed by atoms with Gasteiger partial charge in [-0.25, -0.2) is 0 Å². The molecule has 2 aromatic carbocycles. The number of nitrogens with one attached hydrogen (secondary N) is 1. The molecule has 0 radical (unpaired) electrons. The van der Waals surface area contributed by atoms with Gasteiger partial charge in [0, 0.05) is 18.0 Å². The second-order valence-corrected chi connectivity index (χ2v) is 7.20. The topological polar surface area (TPSA) is 50.8 Å². The van der Waals surface area contributed by atoms with E-state index >= 15 is 0 Å². The third-order valence-corrected chi connectivity index (χ3v) is 5.50. The van der Waals surface area contributed by atoms with Crippen molar-refractivity contribution in [1.82, 2.24) is 10.2 Å². The van der Waals surface area contributed by atoms with Crippen molar-refractivity contribution in [2.24, 2.45) is 0 Å². The zero-order valence-corrected chi connectivity index (χ0v) is 15.7. The lowest BCUT2D eigenvalue weighted by atomic mass is 10.0. The molecule has 0 saturated carbocycles. The van der Waals surface area contributed by atoms with Crippen molar-refractivity contribution in [2.75, 3.05) is 26.8 Å². The number of amides is 1. The predicted molar refractivity (Wildman–Crippen MR) is 104 cm³/mol. The zero-order valence-electron chi connectivity index (χ0n) is 15.7. The number of carbonyl (C=O) groups is 1. The van der Waals surface area contributed by atoms with E-state index in [1.54, 1.807) is 7.11 Å². The minimum absolute atomic E-state index is 0.0319. The standard InChI is InChI=1S/C22H26N2O3/c1-26-17-10-8-16(9-11-17)20-6-4-13-24(20)15-22(25)23-19-12-14-27-21-7-3-2-5-18(19)21/h2-3,5,7-11,19-20H,4,6,12-15H2,1H3,(H,23,25)/t19-,20+/m1/s1. The lowest BCUT2D eigenvalue weighted by Crippen LogP contribution is -2.40. The molecule has 4 rings (SSSR count). The minimum atomic E-state index is 0.0319. The average Bonchev–Trinajstić information content (AvgIpc) is 3.16. The maximum Gasteiger partial charge on any atom is 0.234 e. The molecule has 0 spiro atoms. The summed E-state index contributed by atoms with van der Waals surface area (Å²) in [5, 5.41) is 3.21. The average molecular weight is 366 g/mol. The summed E-state index contributed by atoms with van der Waals surface area (Å²) >= 11 is 0. The number of fused-ring (bicyclic) bond motifs is 1. The van der Waals surface area contributed by atoms with Crippen LogP contribution < -0.4 is 14.8 Å². The Balaban J connectivity index is 1.40. The first-order chi connectivity index (χ1) is 13.2. The SMILES string of the molecule is COc1ccc([C@@H]2CCCN2CC(=O)N[C@@H]2CCOc3ccccc32)cc1. The Labute approximate surface area is 160 Å². The van der Waals surface area contributed by atoms with Crippen LogP contribution >= 0.6 is 0 Å². The number of benzene rings is 2. The number of nitrogens with zero attached hydrogens (tertiary/aromatic N) is 1. The van der Waals surface area contributed by atoms with Crippen molar-refractivity contribution < 1.29 is 14.3 Å². The summed E-state index contributed by atoms with van der Waals surface area (Å²) < 4.78 is 10.9. The predicted octanol–water partition coefficient (Wildman–Crippen LogP) is 3.47. The van der Waals surface area contributed by atoms with Gasteiger partial charge in [-0.05, 0) is 43.1 Å². The fourth-order valence-electron chi connectivity index (χ4n) is 4.14. The third kappa shape index (κ3) is 3.93. The van der Waals surface area contributed by atoms with E-state index in [1.807, 2.05) is 36.4 Å². The minimum Gasteiger partial charge on any atom is -0.497 e. The van der Waals surface area contributed by atoms with Gasteiger partial charge in [0.25, 0.3) is 0 Å². The molecule has 5 heteroatoms. The number of para-hydroxylation sites is 1. The van der Waals surface area contributed by atoms with E-state index in [1.165, 1.54) is 5.56 Å². The van der Waals surface area contributed by atoms with E-state index in [0.717, 1.165) is 42.9 Å². The molecule has 0 bridgehead atoms. The first-order valence-electron chi connectivity index (χ1n) is 9.63. The number of likely N-dealkylation sites (tertiary alicyclic amines) is 1. The van der Waals surface area contributed by atoms with Gasteiger partial charge < -0.3 is 14.8 Å². The molecular formula is C22H26N2O3. The molecular weight excluding hydrogens is 340 g/mol. The molecule has 2 aromatic rings. The lowest BCUT2D eigenvalue weighted by Gasteiger charge is -2.29. The van der Waals surface area contributed by atoms with Crippen LogP contribution in [0.2, 0.25) is 0 Å². The zero-order chi connectivity index (χ0) is 18.6. The van der Waals surface area contributed by atoms with Gasteiger partial charge in [-0.1, -0.05) is 30.3 Å². The van der Waals surface area contributed by atoms with E-state index < -0.39 is 0 Å². The van der Waals surface area contributed by atoms with Gasteiger partial charge in [-0.15, -0.1) is 0 Å². The highest BCUT2D eigenvalue weighted by molar-refractivity contribution is 5.78. The molecule has 1 N–H and O–H groups in total. The van der Waals surface area contributed by atoms with Crippen molar-refractivity contribution in [3.8, 4) is 11.5 Å². The largest absolute Gasteiger partial charge is 0.497 e. The number of rotatable bonds is 5. The molecule has 27 heavy (non-hydrogen) atoms. The molecule has 142 valence electrons. The van der Waals surface area contributed by atoms with Gasteiger partial charge in [-0.3, -0.25) is 9.69 Å². The summed E-state index contributed by atoms with van der Waals surface area (Å²) in [7, 11) is 1.68. The van der Waals surface area contributed by atoms with E-state index in [4.69, 9.17) is 9.47 Å². The Kier molecular flexibility index (Phi) is 5.30. The van der Waals surface area contributed by atoms with Crippen LogP contribution in [-0.2, 0) is 4.79 Å². The van der Waals surface area contributed by atoms with Crippen LogP contribution in [0.4, 0.5) is 0 Å². The van der Waals surface area contributed by atoms with Gasteiger partial charge in [0.15, 0.2) is 0 Å². The molecule has 1 saturated heterocycles. The maximum absolute atomic E-state index is 12.7. The van der Waals surface area contributed by atoms with Crippen molar-refractivity contribution in [2.45, 2.75) is 31.3 Å². The Morgan fingerprint density at radius 3 is 2.81 bits per heavy atom. The van der Waals surface area contributed by atoms with Gasteiger partial charge >= 0.3 is 0 Å². The number of ether oxygens (including phenoxy) is 2.